The van der Waals surface area contributed by atoms with Crippen LogP contribution in [0.2, 0.25) is 0 Å². The minimum absolute atomic E-state index is 0.143. The van der Waals surface area contributed by atoms with Gasteiger partial charge in [0.05, 0.1) is 18.8 Å². The Morgan fingerprint density at radius 3 is 2.54 bits per heavy atom. The zero-order valence-electron chi connectivity index (χ0n) is 15.0. The molecule has 8 heteroatoms. The van der Waals surface area contributed by atoms with Crippen molar-refractivity contribution in [1.29, 1.82) is 0 Å². The van der Waals surface area contributed by atoms with Gasteiger partial charge in [-0.3, -0.25) is 9.59 Å². The molecule has 0 bridgehead atoms. The zero-order valence-corrected chi connectivity index (χ0v) is 15.0. The van der Waals surface area contributed by atoms with E-state index in [2.05, 4.69) is 5.32 Å². The topological polar surface area (TPSA) is 103 Å². The maximum absolute atomic E-state index is 11.5. The van der Waals surface area contributed by atoms with Crippen LogP contribution in [0.3, 0.4) is 0 Å². The fourth-order valence-corrected chi connectivity index (χ4v) is 3.00. The molecule has 0 aliphatic carbocycles. The van der Waals surface area contributed by atoms with Crippen molar-refractivity contribution < 1.29 is 33.6 Å². The van der Waals surface area contributed by atoms with Crippen molar-refractivity contribution in [3.05, 3.63) is 0 Å². The van der Waals surface area contributed by atoms with Crippen molar-refractivity contribution in [2.24, 2.45) is 5.41 Å². The highest BCUT2D eigenvalue weighted by Gasteiger charge is 2.49. The van der Waals surface area contributed by atoms with E-state index in [0.717, 1.165) is 0 Å². The molecule has 5 atom stereocenters. The molecular weight excluding hydrogens is 318 g/mol. The minimum atomic E-state index is -0.658. The lowest BCUT2D eigenvalue weighted by Gasteiger charge is -2.48. The van der Waals surface area contributed by atoms with Crippen LogP contribution in [0.15, 0.2) is 0 Å². The summed E-state index contributed by atoms with van der Waals surface area (Å²) in [7, 11) is 2.98. The van der Waals surface area contributed by atoms with Crippen LogP contribution < -0.4 is 5.32 Å². The van der Waals surface area contributed by atoms with Crippen LogP contribution in [0.1, 0.15) is 33.6 Å². The van der Waals surface area contributed by atoms with Crippen LogP contribution in [0.25, 0.3) is 0 Å². The van der Waals surface area contributed by atoms with E-state index in [1.54, 1.807) is 0 Å². The first-order valence-corrected chi connectivity index (χ1v) is 7.98. The average Bonchev–Trinajstić information content (AvgIpc) is 2.53. The maximum atomic E-state index is 11.5. The molecule has 1 heterocycles. The smallest absolute Gasteiger partial charge is 0.302 e. The molecule has 0 radical (unpaired) electrons. The number of aliphatic hydroxyl groups excluding tert-OH is 1. The van der Waals surface area contributed by atoms with E-state index < -0.39 is 30.0 Å². The van der Waals surface area contributed by atoms with Crippen LogP contribution in [-0.2, 0) is 28.5 Å². The van der Waals surface area contributed by atoms with E-state index in [1.165, 1.54) is 21.1 Å². The van der Waals surface area contributed by atoms with Gasteiger partial charge in [-0.1, -0.05) is 13.8 Å². The third-order valence-electron chi connectivity index (χ3n) is 4.59. The van der Waals surface area contributed by atoms with Gasteiger partial charge in [0.1, 0.15) is 12.2 Å². The predicted octanol–water partition coefficient (Wildman–Crippen LogP) is 0.218. The number of ether oxygens (including phenoxy) is 4. The van der Waals surface area contributed by atoms with E-state index in [9.17, 15) is 14.7 Å². The number of carbonyl (C=O) groups is 2. The standard InChI is InChI=1S/C16H29NO7/c1-10(20)23-14-7-12(15(22-5)17-9-19)24-13(16(14,2)3)6-11(8-18)21-4/h9,11-15,18H,6-8H2,1-5H3,(H,17,19). The lowest BCUT2D eigenvalue weighted by Crippen LogP contribution is -2.57. The second-order valence-electron chi connectivity index (χ2n) is 6.54. The SMILES string of the molecule is COC(CO)CC1OC(C(NC=O)OC)CC(OC(C)=O)C1(C)C. The van der Waals surface area contributed by atoms with Gasteiger partial charge in [-0.25, -0.2) is 0 Å². The van der Waals surface area contributed by atoms with Crippen LogP contribution in [0.5, 0.6) is 0 Å². The summed E-state index contributed by atoms with van der Waals surface area (Å²) in [6.07, 6.45) is -0.965. The van der Waals surface area contributed by atoms with Gasteiger partial charge in [0.2, 0.25) is 6.41 Å². The second-order valence-corrected chi connectivity index (χ2v) is 6.54. The minimum Gasteiger partial charge on any atom is -0.462 e. The fraction of sp³-hybridized carbons (Fsp3) is 0.875. The van der Waals surface area contributed by atoms with Gasteiger partial charge < -0.3 is 29.4 Å². The van der Waals surface area contributed by atoms with E-state index in [0.29, 0.717) is 19.3 Å². The summed E-state index contributed by atoms with van der Waals surface area (Å²) in [5.74, 6) is -0.379. The van der Waals surface area contributed by atoms with Gasteiger partial charge >= 0.3 is 5.97 Å². The Hall–Kier alpha value is -1.22. The molecule has 5 unspecified atom stereocenters. The molecule has 1 rings (SSSR count). The Morgan fingerprint density at radius 1 is 1.42 bits per heavy atom. The number of aliphatic hydroxyl groups is 1. The third-order valence-corrected chi connectivity index (χ3v) is 4.59. The van der Waals surface area contributed by atoms with Crippen LogP contribution in [-0.4, -0.2) is 69.0 Å². The summed E-state index contributed by atoms with van der Waals surface area (Å²) in [5, 5.41) is 12.0. The molecule has 1 aliphatic heterocycles. The van der Waals surface area contributed by atoms with Gasteiger partial charge in [-0.2, -0.15) is 0 Å². The molecule has 0 aromatic heterocycles. The molecule has 0 spiro atoms. The average molecular weight is 347 g/mol. The van der Waals surface area contributed by atoms with Gasteiger partial charge in [0.15, 0.2) is 6.23 Å². The molecule has 8 nitrogen and oxygen atoms in total. The van der Waals surface area contributed by atoms with Crippen molar-refractivity contribution in [3.63, 3.8) is 0 Å². The first kappa shape index (κ1) is 20.8. The molecule has 2 N–H and O–H groups in total. The summed E-state index contributed by atoms with van der Waals surface area (Å²) in [4.78, 5) is 22.3. The van der Waals surface area contributed by atoms with Crippen molar-refractivity contribution in [3.8, 4) is 0 Å². The molecule has 1 fully saturated rings. The van der Waals surface area contributed by atoms with E-state index in [4.69, 9.17) is 18.9 Å². The Bertz CT molecular complexity index is 411. The van der Waals surface area contributed by atoms with Crippen molar-refractivity contribution in [2.45, 2.75) is 64.3 Å². The highest BCUT2D eigenvalue weighted by molar-refractivity contribution is 5.66. The first-order valence-electron chi connectivity index (χ1n) is 7.98. The Kier molecular flexibility index (Phi) is 8.08. The zero-order chi connectivity index (χ0) is 18.3. The summed E-state index contributed by atoms with van der Waals surface area (Å²) in [5.41, 5.74) is -0.492. The Balaban J connectivity index is 3.03. The van der Waals surface area contributed by atoms with Crippen molar-refractivity contribution in [1.82, 2.24) is 5.32 Å². The molecular formula is C16H29NO7. The van der Waals surface area contributed by atoms with Crippen molar-refractivity contribution in [2.75, 3.05) is 20.8 Å². The van der Waals surface area contributed by atoms with Gasteiger partial charge in [0.25, 0.3) is 0 Å². The molecule has 1 saturated heterocycles. The van der Waals surface area contributed by atoms with E-state index >= 15 is 0 Å². The maximum Gasteiger partial charge on any atom is 0.302 e. The number of esters is 1. The van der Waals surface area contributed by atoms with Gasteiger partial charge in [0, 0.05) is 39.4 Å². The molecule has 24 heavy (non-hydrogen) atoms. The highest BCUT2D eigenvalue weighted by atomic mass is 16.6. The number of amides is 1. The molecule has 0 saturated carbocycles. The second kappa shape index (κ2) is 9.31. The third kappa shape index (κ3) is 5.14. The van der Waals surface area contributed by atoms with Crippen LogP contribution in [0, 0.1) is 5.41 Å². The summed E-state index contributed by atoms with van der Waals surface area (Å²) in [6, 6.07) is 0. The number of hydrogen-bond acceptors (Lipinski definition) is 7. The van der Waals surface area contributed by atoms with E-state index in [-0.39, 0.29) is 18.7 Å². The van der Waals surface area contributed by atoms with Crippen molar-refractivity contribution >= 4 is 12.4 Å². The Morgan fingerprint density at radius 2 is 2.08 bits per heavy atom. The van der Waals surface area contributed by atoms with Gasteiger partial charge in [-0.05, 0) is 0 Å². The Labute approximate surface area is 142 Å². The molecule has 1 amide bonds. The predicted molar refractivity (Wildman–Crippen MR) is 85.1 cm³/mol. The first-order chi connectivity index (χ1) is 11.3. The molecule has 0 aromatic carbocycles. The lowest BCUT2D eigenvalue weighted by molar-refractivity contribution is -0.224. The number of hydrogen-bond donors (Lipinski definition) is 2. The fourth-order valence-electron chi connectivity index (χ4n) is 3.00. The molecule has 0 aromatic rings. The number of nitrogens with one attached hydrogen (secondary N) is 1. The number of methoxy groups -OCH3 is 2. The highest BCUT2D eigenvalue weighted by Crippen LogP contribution is 2.41. The normalized spacial score (nSPS) is 28.7. The largest absolute Gasteiger partial charge is 0.462 e. The quantitative estimate of drug-likeness (QED) is 0.349. The summed E-state index contributed by atoms with van der Waals surface area (Å²) in [6.45, 7) is 5.11. The summed E-state index contributed by atoms with van der Waals surface area (Å²) < 4.78 is 22.1. The van der Waals surface area contributed by atoms with Crippen LogP contribution in [0.4, 0.5) is 0 Å². The number of rotatable bonds is 9. The monoisotopic (exact) mass is 347 g/mol. The van der Waals surface area contributed by atoms with Gasteiger partial charge in [-0.15, -0.1) is 0 Å². The number of carbonyl (C=O) groups excluding carboxylic acids is 2. The summed E-state index contributed by atoms with van der Waals surface area (Å²) >= 11 is 0. The van der Waals surface area contributed by atoms with E-state index in [1.807, 2.05) is 13.8 Å². The molecule has 1 aliphatic rings. The molecule has 140 valence electrons. The lowest BCUT2D eigenvalue weighted by atomic mass is 9.74. The van der Waals surface area contributed by atoms with Crippen LogP contribution >= 0.6 is 0 Å².